The maximum absolute atomic E-state index is 14.2. The Bertz CT molecular complexity index is 1150. The lowest BCUT2D eigenvalue weighted by Gasteiger charge is -2.63. The molecular weight excluding hydrogens is 472 g/mol. The Morgan fingerprint density at radius 1 is 1.05 bits per heavy atom. The molecule has 2 fully saturated rings. The maximum atomic E-state index is 14.2. The standard InChI is InChI=1S/C30H42O7/c1-25(2,36)12-11-21(33)30(8,37)23-19(32)14-27(5)20-10-9-16-17(13-18(31)24(35)26(16,3)4)29(20,7)22(34)15-28(23,27)6/h9,11-13,17,19-20,23,31-32,36-37H,10,14-15H2,1-8H3/b12-11+/t17?,19?,20-,23?,27-,28+,29+,30?/m0/s1. The van der Waals surface area contributed by atoms with Gasteiger partial charge < -0.3 is 20.4 Å². The van der Waals surface area contributed by atoms with Gasteiger partial charge in [0.05, 0.1) is 17.1 Å². The van der Waals surface area contributed by atoms with Crippen LogP contribution in [0.1, 0.15) is 74.7 Å². The number of Topliss-reactive ketones (excluding diaryl/α,β-unsaturated/α-hetero) is 2. The lowest BCUT2D eigenvalue weighted by atomic mass is 9.39. The van der Waals surface area contributed by atoms with Crippen LogP contribution in [-0.2, 0) is 14.4 Å². The largest absolute Gasteiger partial charge is 0.505 e. The van der Waals surface area contributed by atoms with E-state index in [0.29, 0.717) is 12.8 Å². The summed E-state index contributed by atoms with van der Waals surface area (Å²) in [4.78, 5) is 40.1. The zero-order valence-electron chi connectivity index (χ0n) is 23.3. The molecule has 4 unspecified atom stereocenters. The van der Waals surface area contributed by atoms with Crippen molar-refractivity contribution in [1.82, 2.24) is 0 Å². The van der Waals surface area contributed by atoms with E-state index in [1.54, 1.807) is 13.8 Å². The first-order chi connectivity index (χ1) is 16.7. The van der Waals surface area contributed by atoms with Crippen molar-refractivity contribution in [2.75, 3.05) is 0 Å². The Hall–Kier alpha value is -2.09. The minimum Gasteiger partial charge on any atom is -0.505 e. The average Bonchev–Trinajstić information content (AvgIpc) is 2.96. The van der Waals surface area contributed by atoms with Gasteiger partial charge in [-0.05, 0) is 76.4 Å². The predicted molar refractivity (Wildman–Crippen MR) is 138 cm³/mol. The molecule has 0 bridgehead atoms. The van der Waals surface area contributed by atoms with Crippen LogP contribution in [0.3, 0.4) is 0 Å². The van der Waals surface area contributed by atoms with Crippen LogP contribution in [0.4, 0.5) is 0 Å². The van der Waals surface area contributed by atoms with E-state index in [2.05, 4.69) is 0 Å². The highest BCUT2D eigenvalue weighted by Gasteiger charge is 2.74. The number of aliphatic hydroxyl groups excluding tert-OH is 2. The van der Waals surface area contributed by atoms with Crippen LogP contribution in [-0.4, -0.2) is 55.1 Å². The normalized spacial score (nSPS) is 42.9. The number of fused-ring (bicyclic) bond motifs is 5. The van der Waals surface area contributed by atoms with Gasteiger partial charge in [-0.15, -0.1) is 0 Å². The highest BCUT2D eigenvalue weighted by molar-refractivity contribution is 6.02. The summed E-state index contributed by atoms with van der Waals surface area (Å²) in [5, 5.41) is 43.6. The highest BCUT2D eigenvalue weighted by Crippen LogP contribution is 2.73. The molecule has 0 aliphatic heterocycles. The summed E-state index contributed by atoms with van der Waals surface area (Å²) in [6, 6.07) is 0. The van der Waals surface area contributed by atoms with E-state index < -0.39 is 56.6 Å². The summed E-state index contributed by atoms with van der Waals surface area (Å²) >= 11 is 0. The summed E-state index contributed by atoms with van der Waals surface area (Å²) < 4.78 is 0. The number of aliphatic hydroxyl groups is 4. The molecule has 0 aromatic rings. The molecule has 0 radical (unpaired) electrons. The fourth-order valence-electron chi connectivity index (χ4n) is 8.58. The SMILES string of the molecule is CC(C)(O)/C=C/C(=O)C(C)(O)C1C(O)C[C@@]2(C)[C@@H]3CC=C4C(C=C(O)C(=O)C4(C)C)[C@@]3(C)C(=O)C[C@]12C. The molecule has 4 N–H and O–H groups in total. The molecule has 4 rings (SSSR count). The van der Waals surface area contributed by atoms with Crippen LogP contribution < -0.4 is 0 Å². The Balaban J connectivity index is 1.82. The fraction of sp³-hybridized carbons (Fsp3) is 0.700. The Morgan fingerprint density at radius 3 is 2.22 bits per heavy atom. The van der Waals surface area contributed by atoms with Gasteiger partial charge in [-0.25, -0.2) is 0 Å². The minimum absolute atomic E-state index is 0.0453. The molecular formula is C30H42O7. The molecule has 0 aromatic heterocycles. The van der Waals surface area contributed by atoms with Crippen molar-refractivity contribution in [3.63, 3.8) is 0 Å². The number of allylic oxidation sites excluding steroid dienone is 4. The lowest BCUT2D eigenvalue weighted by molar-refractivity contribution is -0.179. The average molecular weight is 515 g/mol. The molecule has 204 valence electrons. The summed E-state index contributed by atoms with van der Waals surface area (Å²) in [5.41, 5.74) is -5.75. The third-order valence-corrected chi connectivity index (χ3v) is 10.8. The Labute approximate surface area is 219 Å². The van der Waals surface area contributed by atoms with Gasteiger partial charge in [0.2, 0.25) is 5.78 Å². The minimum atomic E-state index is -1.96. The van der Waals surface area contributed by atoms with E-state index in [4.69, 9.17) is 0 Å². The first-order valence-electron chi connectivity index (χ1n) is 13.2. The molecule has 4 aliphatic rings. The molecule has 2 saturated carbocycles. The molecule has 4 aliphatic carbocycles. The van der Waals surface area contributed by atoms with Gasteiger partial charge in [0.1, 0.15) is 11.4 Å². The van der Waals surface area contributed by atoms with E-state index in [9.17, 15) is 34.8 Å². The molecule has 0 spiro atoms. The molecule has 7 nitrogen and oxygen atoms in total. The third-order valence-electron chi connectivity index (χ3n) is 10.8. The Kier molecular flexibility index (Phi) is 6.01. The van der Waals surface area contributed by atoms with Crippen LogP contribution in [0, 0.1) is 39.4 Å². The van der Waals surface area contributed by atoms with E-state index in [-0.39, 0.29) is 29.7 Å². The summed E-state index contributed by atoms with van der Waals surface area (Å²) in [6.07, 6.45) is 5.85. The van der Waals surface area contributed by atoms with Gasteiger partial charge in [0.25, 0.3) is 0 Å². The van der Waals surface area contributed by atoms with Gasteiger partial charge in [0.15, 0.2) is 11.5 Å². The van der Waals surface area contributed by atoms with Gasteiger partial charge >= 0.3 is 0 Å². The first kappa shape index (κ1) is 27.9. The number of carbonyl (C=O) groups excluding carboxylic acids is 3. The van der Waals surface area contributed by atoms with Gasteiger partial charge in [0, 0.05) is 23.7 Å². The molecule has 37 heavy (non-hydrogen) atoms. The zero-order chi connectivity index (χ0) is 28.1. The lowest BCUT2D eigenvalue weighted by Crippen LogP contribution is -2.64. The number of ketones is 3. The maximum Gasteiger partial charge on any atom is 0.206 e. The van der Waals surface area contributed by atoms with Crippen molar-refractivity contribution in [3.8, 4) is 0 Å². The van der Waals surface area contributed by atoms with E-state index in [1.165, 1.54) is 32.9 Å². The van der Waals surface area contributed by atoms with Crippen molar-refractivity contribution in [3.05, 3.63) is 35.6 Å². The van der Waals surface area contributed by atoms with Crippen LogP contribution in [0.5, 0.6) is 0 Å². The zero-order valence-corrected chi connectivity index (χ0v) is 23.3. The summed E-state index contributed by atoms with van der Waals surface area (Å²) in [7, 11) is 0. The van der Waals surface area contributed by atoms with Gasteiger partial charge in [-0.3, -0.25) is 14.4 Å². The number of hydrogen-bond acceptors (Lipinski definition) is 7. The summed E-state index contributed by atoms with van der Waals surface area (Å²) in [6.45, 7) is 13.8. The predicted octanol–water partition coefficient (Wildman–Crippen LogP) is 3.62. The van der Waals surface area contributed by atoms with Crippen molar-refractivity contribution < 1.29 is 34.8 Å². The highest BCUT2D eigenvalue weighted by atomic mass is 16.3. The monoisotopic (exact) mass is 514 g/mol. The van der Waals surface area contributed by atoms with Crippen molar-refractivity contribution in [1.29, 1.82) is 0 Å². The summed E-state index contributed by atoms with van der Waals surface area (Å²) in [5.74, 6) is -2.98. The molecule has 0 saturated heterocycles. The molecule has 0 aromatic carbocycles. The number of hydrogen-bond donors (Lipinski definition) is 4. The topological polar surface area (TPSA) is 132 Å². The van der Waals surface area contributed by atoms with Crippen LogP contribution in [0.15, 0.2) is 35.6 Å². The molecule has 0 amide bonds. The molecule has 0 heterocycles. The molecule has 7 heteroatoms. The van der Waals surface area contributed by atoms with E-state index in [1.807, 2.05) is 26.8 Å². The first-order valence-corrected chi connectivity index (χ1v) is 13.2. The van der Waals surface area contributed by atoms with E-state index >= 15 is 0 Å². The van der Waals surface area contributed by atoms with Crippen molar-refractivity contribution >= 4 is 17.3 Å². The van der Waals surface area contributed by atoms with Gasteiger partial charge in [-0.1, -0.05) is 38.5 Å². The van der Waals surface area contributed by atoms with Crippen LogP contribution >= 0.6 is 0 Å². The second-order valence-corrected chi connectivity index (χ2v) is 13.9. The third kappa shape index (κ3) is 3.60. The second-order valence-electron chi connectivity index (χ2n) is 13.9. The van der Waals surface area contributed by atoms with Crippen LogP contribution in [0.25, 0.3) is 0 Å². The molecule has 8 atom stereocenters. The van der Waals surface area contributed by atoms with Crippen molar-refractivity contribution in [2.45, 2.75) is 92.0 Å². The van der Waals surface area contributed by atoms with Gasteiger partial charge in [-0.2, -0.15) is 0 Å². The quantitative estimate of drug-likeness (QED) is 0.333. The van der Waals surface area contributed by atoms with Crippen LogP contribution in [0.2, 0.25) is 0 Å². The smallest absolute Gasteiger partial charge is 0.206 e. The Morgan fingerprint density at radius 2 is 1.65 bits per heavy atom. The number of rotatable bonds is 4. The number of carbonyl (C=O) groups is 3. The second kappa shape index (κ2) is 7.96. The fourth-order valence-corrected chi connectivity index (χ4v) is 8.58. The van der Waals surface area contributed by atoms with Crippen molar-refractivity contribution in [2.24, 2.45) is 39.4 Å². The van der Waals surface area contributed by atoms with E-state index in [0.717, 1.165) is 11.6 Å².